The molecule has 0 radical (unpaired) electrons. The number of hydrogen-bond acceptors (Lipinski definition) is 2. The number of aryl methyl sites for hydroxylation is 1. The van der Waals surface area contributed by atoms with Gasteiger partial charge in [-0.15, -0.1) is 0 Å². The summed E-state index contributed by atoms with van der Waals surface area (Å²) in [7, 11) is 0. The Morgan fingerprint density at radius 1 is 1.13 bits per heavy atom. The lowest BCUT2D eigenvalue weighted by atomic mass is 10.1. The van der Waals surface area contributed by atoms with Crippen LogP contribution in [0.4, 0.5) is 5.69 Å². The van der Waals surface area contributed by atoms with Crippen LogP contribution in [0.15, 0.2) is 24.3 Å². The zero-order valence-corrected chi connectivity index (χ0v) is 9.50. The van der Waals surface area contributed by atoms with E-state index in [4.69, 9.17) is 5.11 Å². The summed E-state index contributed by atoms with van der Waals surface area (Å²) < 4.78 is 0. The predicted molar refractivity (Wildman–Crippen MR) is 65.2 cm³/mol. The molecule has 1 aromatic rings. The molecule has 0 atom stereocenters. The standard InChI is InChI=1S/C13H21NO/c1-2-12-8-4-5-9-13(12)14-10-6-3-7-11-15/h4-5,8-9,14-15H,2-3,6-7,10-11H2,1H3. The maximum atomic E-state index is 8.64. The Hall–Kier alpha value is -1.02. The Labute approximate surface area is 92.3 Å². The highest BCUT2D eigenvalue weighted by Crippen LogP contribution is 2.15. The van der Waals surface area contributed by atoms with Gasteiger partial charge in [0, 0.05) is 18.8 Å². The summed E-state index contributed by atoms with van der Waals surface area (Å²) in [6, 6.07) is 8.44. The van der Waals surface area contributed by atoms with E-state index in [1.807, 2.05) is 0 Å². The maximum absolute atomic E-state index is 8.64. The number of aliphatic hydroxyl groups is 1. The number of benzene rings is 1. The van der Waals surface area contributed by atoms with Gasteiger partial charge in [-0.05, 0) is 37.3 Å². The molecule has 1 rings (SSSR count). The molecule has 0 saturated carbocycles. The van der Waals surface area contributed by atoms with Gasteiger partial charge in [0.05, 0.1) is 0 Å². The van der Waals surface area contributed by atoms with Crippen molar-refractivity contribution in [1.82, 2.24) is 0 Å². The van der Waals surface area contributed by atoms with Crippen molar-refractivity contribution in [2.24, 2.45) is 0 Å². The number of unbranched alkanes of at least 4 members (excludes halogenated alkanes) is 2. The van der Waals surface area contributed by atoms with Crippen molar-refractivity contribution in [2.45, 2.75) is 32.6 Å². The van der Waals surface area contributed by atoms with E-state index < -0.39 is 0 Å². The summed E-state index contributed by atoms with van der Waals surface area (Å²) in [5.41, 5.74) is 2.63. The first-order valence-electron chi connectivity index (χ1n) is 5.81. The quantitative estimate of drug-likeness (QED) is 0.674. The molecule has 2 nitrogen and oxygen atoms in total. The van der Waals surface area contributed by atoms with Gasteiger partial charge >= 0.3 is 0 Å². The molecule has 0 aliphatic rings. The van der Waals surface area contributed by atoms with Crippen LogP contribution in [0, 0.1) is 0 Å². The number of nitrogens with one attached hydrogen (secondary N) is 1. The van der Waals surface area contributed by atoms with Gasteiger partial charge in [0.2, 0.25) is 0 Å². The van der Waals surface area contributed by atoms with E-state index in [1.165, 1.54) is 11.3 Å². The average Bonchev–Trinajstić information content (AvgIpc) is 2.29. The SMILES string of the molecule is CCc1ccccc1NCCCCCO. The molecule has 2 heteroatoms. The lowest BCUT2D eigenvalue weighted by molar-refractivity contribution is 0.283. The summed E-state index contributed by atoms with van der Waals surface area (Å²) in [5, 5.41) is 12.1. The number of hydrogen-bond donors (Lipinski definition) is 2. The lowest BCUT2D eigenvalue weighted by Gasteiger charge is -2.10. The van der Waals surface area contributed by atoms with Gasteiger partial charge in [0.15, 0.2) is 0 Å². The minimum absolute atomic E-state index is 0.311. The van der Waals surface area contributed by atoms with Crippen LogP contribution in [-0.4, -0.2) is 18.3 Å². The second-order valence-electron chi connectivity index (χ2n) is 3.72. The Balaban J connectivity index is 2.30. The summed E-state index contributed by atoms with van der Waals surface area (Å²) in [4.78, 5) is 0. The zero-order chi connectivity index (χ0) is 10.9. The fourth-order valence-electron chi connectivity index (χ4n) is 1.64. The molecule has 0 amide bonds. The molecule has 84 valence electrons. The van der Waals surface area contributed by atoms with Crippen LogP contribution in [0.3, 0.4) is 0 Å². The van der Waals surface area contributed by atoms with Crippen molar-refractivity contribution in [2.75, 3.05) is 18.5 Å². The highest BCUT2D eigenvalue weighted by molar-refractivity contribution is 5.50. The smallest absolute Gasteiger partial charge is 0.0431 e. The highest BCUT2D eigenvalue weighted by Gasteiger charge is 1.97. The monoisotopic (exact) mass is 207 g/mol. The van der Waals surface area contributed by atoms with E-state index in [2.05, 4.69) is 36.5 Å². The van der Waals surface area contributed by atoms with E-state index in [0.29, 0.717) is 6.61 Å². The van der Waals surface area contributed by atoms with E-state index >= 15 is 0 Å². The van der Waals surface area contributed by atoms with Crippen molar-refractivity contribution in [3.05, 3.63) is 29.8 Å². The van der Waals surface area contributed by atoms with Gasteiger partial charge in [-0.25, -0.2) is 0 Å². The Morgan fingerprint density at radius 2 is 1.93 bits per heavy atom. The lowest BCUT2D eigenvalue weighted by Crippen LogP contribution is -2.04. The molecule has 0 aliphatic heterocycles. The van der Waals surface area contributed by atoms with Gasteiger partial charge in [-0.2, -0.15) is 0 Å². The summed E-state index contributed by atoms with van der Waals surface area (Å²) >= 11 is 0. The third-order valence-electron chi connectivity index (χ3n) is 2.55. The number of para-hydroxylation sites is 1. The van der Waals surface area contributed by atoms with Gasteiger partial charge < -0.3 is 10.4 Å². The molecular formula is C13H21NO. The van der Waals surface area contributed by atoms with Crippen molar-refractivity contribution in [3.63, 3.8) is 0 Å². The molecule has 0 unspecified atom stereocenters. The molecule has 2 N–H and O–H groups in total. The molecule has 0 saturated heterocycles. The Bertz CT molecular complexity index is 273. The minimum Gasteiger partial charge on any atom is -0.396 e. The number of aliphatic hydroxyl groups excluding tert-OH is 1. The molecule has 0 spiro atoms. The maximum Gasteiger partial charge on any atom is 0.0431 e. The zero-order valence-electron chi connectivity index (χ0n) is 9.50. The van der Waals surface area contributed by atoms with Crippen LogP contribution in [0.2, 0.25) is 0 Å². The van der Waals surface area contributed by atoms with E-state index in [-0.39, 0.29) is 0 Å². The number of rotatable bonds is 7. The number of anilines is 1. The third-order valence-corrected chi connectivity index (χ3v) is 2.55. The summed E-state index contributed by atoms with van der Waals surface area (Å²) in [5.74, 6) is 0. The topological polar surface area (TPSA) is 32.3 Å². The van der Waals surface area contributed by atoms with E-state index in [1.54, 1.807) is 0 Å². The normalized spacial score (nSPS) is 10.3. The van der Waals surface area contributed by atoms with Crippen molar-refractivity contribution < 1.29 is 5.11 Å². The Morgan fingerprint density at radius 3 is 2.67 bits per heavy atom. The van der Waals surface area contributed by atoms with E-state index in [0.717, 1.165) is 32.2 Å². The first-order valence-corrected chi connectivity index (χ1v) is 5.81. The molecule has 0 heterocycles. The molecule has 1 aromatic carbocycles. The fourth-order valence-corrected chi connectivity index (χ4v) is 1.64. The van der Waals surface area contributed by atoms with Gasteiger partial charge in [-0.3, -0.25) is 0 Å². The molecular weight excluding hydrogens is 186 g/mol. The second-order valence-corrected chi connectivity index (χ2v) is 3.72. The average molecular weight is 207 g/mol. The summed E-state index contributed by atoms with van der Waals surface area (Å²) in [6.45, 7) is 3.48. The first kappa shape index (κ1) is 12.1. The highest BCUT2D eigenvalue weighted by atomic mass is 16.2. The fraction of sp³-hybridized carbons (Fsp3) is 0.538. The van der Waals surface area contributed by atoms with Crippen LogP contribution in [0.1, 0.15) is 31.7 Å². The van der Waals surface area contributed by atoms with Crippen LogP contribution < -0.4 is 5.32 Å². The minimum atomic E-state index is 0.311. The van der Waals surface area contributed by atoms with Gasteiger partial charge in [0.25, 0.3) is 0 Å². The second kappa shape index (κ2) is 7.30. The first-order chi connectivity index (χ1) is 7.38. The van der Waals surface area contributed by atoms with Gasteiger partial charge in [0.1, 0.15) is 0 Å². The van der Waals surface area contributed by atoms with Gasteiger partial charge in [-0.1, -0.05) is 25.1 Å². The molecule has 0 aromatic heterocycles. The van der Waals surface area contributed by atoms with Crippen LogP contribution in [-0.2, 0) is 6.42 Å². The largest absolute Gasteiger partial charge is 0.396 e. The van der Waals surface area contributed by atoms with Crippen LogP contribution >= 0.6 is 0 Å². The van der Waals surface area contributed by atoms with Crippen molar-refractivity contribution >= 4 is 5.69 Å². The van der Waals surface area contributed by atoms with Crippen LogP contribution in [0.25, 0.3) is 0 Å². The Kier molecular flexibility index (Phi) is 5.86. The van der Waals surface area contributed by atoms with Crippen molar-refractivity contribution in [1.29, 1.82) is 0 Å². The molecule has 0 fully saturated rings. The van der Waals surface area contributed by atoms with Crippen molar-refractivity contribution in [3.8, 4) is 0 Å². The molecule has 0 aliphatic carbocycles. The molecule has 15 heavy (non-hydrogen) atoms. The van der Waals surface area contributed by atoms with E-state index in [9.17, 15) is 0 Å². The predicted octanol–water partition coefficient (Wildman–Crippen LogP) is 2.82. The summed E-state index contributed by atoms with van der Waals surface area (Å²) in [6.07, 6.45) is 4.20. The third kappa shape index (κ3) is 4.34. The molecule has 0 bridgehead atoms. The van der Waals surface area contributed by atoms with Crippen LogP contribution in [0.5, 0.6) is 0 Å².